The molecular weight excluding hydrogens is 488 g/mol. The third-order valence-electron chi connectivity index (χ3n) is 11.8. The Kier molecular flexibility index (Phi) is 6.02. The van der Waals surface area contributed by atoms with Crippen molar-refractivity contribution in [1.82, 2.24) is 0 Å². The third kappa shape index (κ3) is 3.23. The van der Waals surface area contributed by atoms with Gasteiger partial charge in [-0.1, -0.05) is 19.4 Å². The van der Waals surface area contributed by atoms with Crippen molar-refractivity contribution in [3.05, 3.63) is 23.3 Å². The Morgan fingerprint density at radius 1 is 1.21 bits per heavy atom. The number of fused-ring (bicyclic) bond motifs is 4. The highest BCUT2D eigenvalue weighted by atomic mass is 16.7. The van der Waals surface area contributed by atoms with E-state index in [1.54, 1.807) is 6.08 Å². The van der Waals surface area contributed by atoms with Crippen molar-refractivity contribution in [2.45, 2.75) is 90.1 Å². The highest BCUT2D eigenvalue weighted by Gasteiger charge is 2.82. The maximum absolute atomic E-state index is 13.6. The fourth-order valence-corrected chi connectivity index (χ4v) is 10.1. The zero-order valence-electron chi connectivity index (χ0n) is 22.8. The van der Waals surface area contributed by atoms with Gasteiger partial charge in [-0.3, -0.25) is 9.59 Å². The van der Waals surface area contributed by atoms with Crippen molar-refractivity contribution >= 4 is 17.7 Å². The highest BCUT2D eigenvalue weighted by molar-refractivity contribution is 5.99. The molecule has 0 aromatic rings. The zero-order chi connectivity index (χ0) is 27.2. The Morgan fingerprint density at radius 2 is 1.97 bits per heavy atom. The molecule has 8 nitrogen and oxygen atoms in total. The summed E-state index contributed by atoms with van der Waals surface area (Å²) in [4.78, 5) is 38.1. The van der Waals surface area contributed by atoms with Crippen LogP contribution in [0.1, 0.15) is 66.2 Å². The summed E-state index contributed by atoms with van der Waals surface area (Å²) in [6, 6.07) is 0. The van der Waals surface area contributed by atoms with E-state index in [1.807, 2.05) is 6.92 Å². The van der Waals surface area contributed by atoms with Gasteiger partial charge in [-0.15, -0.1) is 0 Å². The van der Waals surface area contributed by atoms with Gasteiger partial charge in [0.05, 0.1) is 30.3 Å². The van der Waals surface area contributed by atoms with Crippen LogP contribution < -0.4 is 0 Å². The summed E-state index contributed by atoms with van der Waals surface area (Å²) in [5, 5.41) is 20.5. The first-order valence-electron chi connectivity index (χ1n) is 14.2. The van der Waals surface area contributed by atoms with Crippen molar-refractivity contribution in [2.75, 3.05) is 13.2 Å². The van der Waals surface area contributed by atoms with Crippen LogP contribution in [0.3, 0.4) is 0 Å². The summed E-state index contributed by atoms with van der Waals surface area (Å²) in [6.07, 6.45) is 7.26. The fraction of sp³-hybridized carbons (Fsp3) is 0.767. The average molecular weight is 529 g/mol. The zero-order valence-corrected chi connectivity index (χ0v) is 22.8. The predicted octanol–water partition coefficient (Wildman–Crippen LogP) is 2.90. The molecule has 0 aromatic heterocycles. The summed E-state index contributed by atoms with van der Waals surface area (Å²) in [5.41, 5.74) is -0.746. The van der Waals surface area contributed by atoms with Gasteiger partial charge in [-0.2, -0.15) is 0 Å². The van der Waals surface area contributed by atoms with E-state index in [9.17, 15) is 24.6 Å². The lowest BCUT2D eigenvalue weighted by Gasteiger charge is -2.58. The minimum Gasteiger partial charge on any atom is -0.458 e. The summed E-state index contributed by atoms with van der Waals surface area (Å²) in [5.74, 6) is 0.152. The number of hydrogen-bond donors (Lipinski definition) is 2. The van der Waals surface area contributed by atoms with Gasteiger partial charge in [-0.05, 0) is 86.2 Å². The maximum atomic E-state index is 13.6. The van der Waals surface area contributed by atoms with Crippen molar-refractivity contribution in [3.63, 3.8) is 0 Å². The monoisotopic (exact) mass is 528 g/mol. The molecule has 0 bridgehead atoms. The molecule has 8 heteroatoms. The predicted molar refractivity (Wildman–Crippen MR) is 135 cm³/mol. The SMILES string of the molecule is CC(=O)O[C@H]1C=CC(=O)[C@]2(CO)[C@H]3CC[C@]4(C)[C@@H]([C@H](C)[C@H]5CC(C)=C(CO)C(=O)O5)CC[C@H]4[C@@H]3C[C@H]3O[C@]132. The Balaban J connectivity index is 1.29. The average Bonchev–Trinajstić information content (AvgIpc) is 3.49. The third-order valence-corrected chi connectivity index (χ3v) is 11.8. The van der Waals surface area contributed by atoms with Crippen molar-refractivity contribution in [3.8, 4) is 0 Å². The van der Waals surface area contributed by atoms with Crippen LogP contribution in [0.2, 0.25) is 0 Å². The van der Waals surface area contributed by atoms with Gasteiger partial charge >= 0.3 is 11.9 Å². The Hall–Kier alpha value is -2.03. The summed E-state index contributed by atoms with van der Waals surface area (Å²) >= 11 is 0. The molecule has 208 valence electrons. The minimum atomic E-state index is -1.10. The van der Waals surface area contributed by atoms with Gasteiger partial charge < -0.3 is 24.4 Å². The molecule has 4 fully saturated rings. The van der Waals surface area contributed by atoms with Crippen LogP contribution in [0.5, 0.6) is 0 Å². The lowest BCUT2D eigenvalue weighted by atomic mass is 9.44. The second kappa shape index (κ2) is 8.73. The second-order valence-electron chi connectivity index (χ2n) is 13.0. The largest absolute Gasteiger partial charge is 0.458 e. The first-order valence-corrected chi connectivity index (χ1v) is 14.2. The number of aliphatic hydroxyl groups excluding tert-OH is 2. The highest BCUT2D eigenvalue weighted by Crippen LogP contribution is 2.73. The molecule has 6 aliphatic rings. The number of aliphatic hydroxyl groups is 2. The Morgan fingerprint density at radius 3 is 2.63 bits per heavy atom. The number of epoxide rings is 1. The van der Waals surface area contributed by atoms with Crippen LogP contribution in [-0.4, -0.2) is 65.1 Å². The number of cyclic esters (lactones) is 1. The van der Waals surface area contributed by atoms with Crippen LogP contribution in [0, 0.1) is 40.4 Å². The number of ether oxygens (including phenoxy) is 3. The van der Waals surface area contributed by atoms with Crippen molar-refractivity contribution in [1.29, 1.82) is 0 Å². The van der Waals surface area contributed by atoms with Crippen molar-refractivity contribution in [2.24, 2.45) is 40.4 Å². The van der Waals surface area contributed by atoms with Gasteiger partial charge in [0.2, 0.25) is 0 Å². The standard InChI is InChI=1S/C30H40O8/c1-15-11-23(37-27(35)19(15)13-31)16(2)20-5-6-21-18-12-26-30(38-26)25(36-17(3)33)8-7-24(34)29(30,14-32)22(18)9-10-28(20,21)4/h7-8,16,18,20-23,25-26,31-32H,5-6,9-14H2,1-4H3/t16-,18-,20+,21-,22-,23+,25-,26+,28+,29-,30+/m0/s1. The lowest BCUT2D eigenvalue weighted by molar-refractivity contribution is -0.174. The maximum Gasteiger partial charge on any atom is 0.336 e. The first kappa shape index (κ1) is 26.2. The van der Waals surface area contributed by atoms with Crippen LogP contribution >= 0.6 is 0 Å². The van der Waals surface area contributed by atoms with Gasteiger partial charge in [-0.25, -0.2) is 4.79 Å². The quantitative estimate of drug-likeness (QED) is 0.413. The van der Waals surface area contributed by atoms with E-state index in [2.05, 4.69) is 13.8 Å². The summed E-state index contributed by atoms with van der Waals surface area (Å²) in [7, 11) is 0. The van der Waals surface area contributed by atoms with Crippen LogP contribution in [0.4, 0.5) is 0 Å². The molecule has 2 heterocycles. The van der Waals surface area contributed by atoms with Crippen LogP contribution in [-0.2, 0) is 28.6 Å². The lowest BCUT2D eigenvalue weighted by Crippen LogP contribution is -2.67. The van der Waals surface area contributed by atoms with E-state index >= 15 is 0 Å². The molecule has 11 atom stereocenters. The molecule has 2 aliphatic heterocycles. The van der Waals surface area contributed by atoms with Gasteiger partial charge in [0, 0.05) is 13.3 Å². The first-order chi connectivity index (χ1) is 18.0. The normalized spacial score (nSPS) is 47.9. The van der Waals surface area contributed by atoms with E-state index < -0.39 is 29.1 Å². The molecule has 1 spiro atoms. The van der Waals surface area contributed by atoms with Crippen LogP contribution in [0.15, 0.2) is 23.3 Å². The molecule has 2 N–H and O–H groups in total. The van der Waals surface area contributed by atoms with E-state index in [0.29, 0.717) is 23.8 Å². The van der Waals surface area contributed by atoms with E-state index in [4.69, 9.17) is 14.2 Å². The van der Waals surface area contributed by atoms with Crippen LogP contribution in [0.25, 0.3) is 0 Å². The molecule has 0 unspecified atom stereocenters. The molecule has 38 heavy (non-hydrogen) atoms. The molecule has 3 saturated carbocycles. The molecule has 0 amide bonds. The smallest absolute Gasteiger partial charge is 0.336 e. The van der Waals surface area contributed by atoms with E-state index in [-0.39, 0.29) is 54.4 Å². The van der Waals surface area contributed by atoms with E-state index in [1.165, 1.54) is 13.0 Å². The molecule has 1 saturated heterocycles. The number of ketones is 1. The molecule has 4 aliphatic carbocycles. The number of hydrogen-bond acceptors (Lipinski definition) is 8. The number of esters is 2. The second-order valence-corrected chi connectivity index (χ2v) is 13.0. The number of rotatable bonds is 5. The summed E-state index contributed by atoms with van der Waals surface area (Å²) in [6.45, 7) is 7.24. The van der Waals surface area contributed by atoms with Gasteiger partial charge in [0.1, 0.15) is 6.10 Å². The number of allylic oxidation sites excluding steroid dienone is 1. The number of carbonyl (C=O) groups is 3. The Labute approximate surface area is 223 Å². The van der Waals surface area contributed by atoms with Gasteiger partial charge in [0.15, 0.2) is 17.5 Å². The molecule has 0 aromatic carbocycles. The number of carbonyl (C=O) groups excluding carboxylic acids is 3. The van der Waals surface area contributed by atoms with E-state index in [0.717, 1.165) is 37.7 Å². The minimum absolute atomic E-state index is 0.0240. The summed E-state index contributed by atoms with van der Waals surface area (Å²) < 4.78 is 17.8. The topological polar surface area (TPSA) is 123 Å². The van der Waals surface area contributed by atoms with Gasteiger partial charge in [0.25, 0.3) is 0 Å². The van der Waals surface area contributed by atoms with Crippen molar-refractivity contribution < 1.29 is 38.8 Å². The molecule has 0 radical (unpaired) electrons. The Bertz CT molecular complexity index is 1130. The fourth-order valence-electron chi connectivity index (χ4n) is 10.1. The molecule has 6 rings (SSSR count). The molecular formula is C30H40O8.